The van der Waals surface area contributed by atoms with Crippen molar-refractivity contribution in [3.05, 3.63) is 0 Å². The lowest BCUT2D eigenvalue weighted by Gasteiger charge is -2.14. The van der Waals surface area contributed by atoms with E-state index in [9.17, 15) is 35.1 Å². The van der Waals surface area contributed by atoms with Crippen LogP contribution in [0.4, 0.5) is 35.1 Å². The van der Waals surface area contributed by atoms with Gasteiger partial charge in [-0.15, -0.1) is 0 Å². The number of hydrogen-bond donors (Lipinski definition) is 0. The Kier molecular flexibility index (Phi) is 1.84. The van der Waals surface area contributed by atoms with E-state index in [1.807, 2.05) is 0 Å². The van der Waals surface area contributed by atoms with Gasteiger partial charge in [0.2, 0.25) is 12.3 Å². The van der Waals surface area contributed by atoms with Crippen LogP contribution in [0.3, 0.4) is 0 Å². The zero-order chi connectivity index (χ0) is 10.7. The Balaban J connectivity index is 2.87. The topological polar surface area (TPSA) is 0 Å². The normalized spacial score (nSPS) is 40.2. The highest BCUT2D eigenvalue weighted by Gasteiger charge is 2.91. The third-order valence-electron chi connectivity index (χ3n) is 1.77. The van der Waals surface area contributed by atoms with Crippen molar-refractivity contribution in [3.8, 4) is 0 Å². The van der Waals surface area contributed by atoms with Crippen LogP contribution in [0, 0.1) is 0 Å². The molecule has 0 saturated heterocycles. The molecule has 0 N–H and O–H groups in total. The van der Waals surface area contributed by atoms with Crippen LogP contribution in [0.5, 0.6) is 0 Å². The van der Waals surface area contributed by atoms with Crippen LogP contribution in [0.1, 0.15) is 0 Å². The molecule has 0 aromatic carbocycles. The van der Waals surface area contributed by atoms with E-state index in [-0.39, 0.29) is 0 Å². The van der Waals surface area contributed by atoms with E-state index in [2.05, 4.69) is 0 Å². The molecule has 78 valence electrons. The third-order valence-corrected chi connectivity index (χ3v) is 1.77. The Morgan fingerprint density at radius 1 is 1.08 bits per heavy atom. The van der Waals surface area contributed by atoms with E-state index in [4.69, 9.17) is 0 Å². The lowest BCUT2D eigenvalue weighted by atomic mass is 10.2. The molecule has 3 atom stereocenters. The predicted molar refractivity (Wildman–Crippen MR) is 24.6 cm³/mol. The van der Waals surface area contributed by atoms with Crippen LogP contribution >= 0.6 is 0 Å². The van der Waals surface area contributed by atoms with Crippen molar-refractivity contribution in [2.24, 2.45) is 0 Å². The smallest absolute Gasteiger partial charge is 0.237 e. The van der Waals surface area contributed by atoms with Gasteiger partial charge in [0.25, 0.3) is 5.67 Å². The average Bonchev–Trinajstić information content (AvgIpc) is 2.32. The number of rotatable bonds is 1. The van der Waals surface area contributed by atoms with Crippen molar-refractivity contribution in [1.29, 1.82) is 0 Å². The summed E-state index contributed by atoms with van der Waals surface area (Å²) in [6.07, 6.45) is -14.0. The van der Waals surface area contributed by atoms with Gasteiger partial charge in [0.1, 0.15) is 0 Å². The Morgan fingerprint density at radius 2 is 1.38 bits per heavy atom. The van der Waals surface area contributed by atoms with Gasteiger partial charge in [-0.25, -0.2) is 13.2 Å². The summed E-state index contributed by atoms with van der Waals surface area (Å²) in [7, 11) is 0. The second-order valence-electron chi connectivity index (χ2n) is 2.66. The van der Waals surface area contributed by atoms with Crippen molar-refractivity contribution in [2.45, 2.75) is 30.1 Å². The molecule has 1 aliphatic rings. The Hall–Kier alpha value is -0.560. The first kappa shape index (κ1) is 10.5. The fourth-order valence-electron chi connectivity index (χ4n) is 0.888. The van der Waals surface area contributed by atoms with E-state index in [0.717, 1.165) is 0 Å². The summed E-state index contributed by atoms with van der Waals surface area (Å²) >= 11 is 0. The van der Waals surface area contributed by atoms with Crippen LogP contribution in [-0.2, 0) is 0 Å². The predicted octanol–water partition coefficient (Wildman–Crippen LogP) is 2.58. The molecular formula is C5H2F8. The SMILES string of the molecule is FC(C(F)(F)F)C1(F)C(F)C1(F)F. The molecule has 0 aliphatic heterocycles. The molecule has 0 bridgehead atoms. The van der Waals surface area contributed by atoms with Crippen molar-refractivity contribution < 1.29 is 35.1 Å². The van der Waals surface area contributed by atoms with Gasteiger partial charge in [-0.05, 0) is 0 Å². The molecule has 0 heterocycles. The molecule has 0 spiro atoms. The van der Waals surface area contributed by atoms with Gasteiger partial charge in [0, 0.05) is 0 Å². The minimum Gasteiger partial charge on any atom is -0.237 e. The van der Waals surface area contributed by atoms with Gasteiger partial charge in [0.05, 0.1) is 0 Å². The first-order valence-electron chi connectivity index (χ1n) is 2.98. The van der Waals surface area contributed by atoms with Crippen molar-refractivity contribution >= 4 is 0 Å². The molecule has 1 rings (SSSR count). The van der Waals surface area contributed by atoms with E-state index in [1.54, 1.807) is 0 Å². The highest BCUT2D eigenvalue weighted by atomic mass is 19.4. The summed E-state index contributed by atoms with van der Waals surface area (Å²) < 4.78 is 94.1. The minimum absolute atomic E-state index is 3.73. The summed E-state index contributed by atoms with van der Waals surface area (Å²) in [6, 6.07) is 0. The number of halogens is 8. The first-order chi connectivity index (χ1) is 5.56. The maximum Gasteiger partial charge on any atom is 0.423 e. The highest BCUT2D eigenvalue weighted by Crippen LogP contribution is 2.63. The lowest BCUT2D eigenvalue weighted by molar-refractivity contribution is -0.212. The summed E-state index contributed by atoms with van der Waals surface area (Å²) in [5.74, 6) is -4.89. The van der Waals surface area contributed by atoms with Crippen LogP contribution in [0.15, 0.2) is 0 Å². The largest absolute Gasteiger partial charge is 0.423 e. The average molecular weight is 214 g/mol. The zero-order valence-electron chi connectivity index (χ0n) is 5.68. The summed E-state index contributed by atoms with van der Waals surface area (Å²) in [5, 5.41) is 0. The fourth-order valence-corrected chi connectivity index (χ4v) is 0.888. The second-order valence-corrected chi connectivity index (χ2v) is 2.66. The maximum absolute atomic E-state index is 12.3. The van der Waals surface area contributed by atoms with Gasteiger partial charge in [-0.1, -0.05) is 0 Å². The number of alkyl halides is 8. The van der Waals surface area contributed by atoms with E-state index < -0.39 is 30.1 Å². The first-order valence-corrected chi connectivity index (χ1v) is 2.98. The number of hydrogen-bond acceptors (Lipinski definition) is 0. The van der Waals surface area contributed by atoms with Gasteiger partial charge < -0.3 is 0 Å². The fraction of sp³-hybridized carbons (Fsp3) is 1.00. The quantitative estimate of drug-likeness (QED) is 0.588. The molecule has 8 heteroatoms. The standard InChI is InChI=1S/C5H2F8/c6-1-3(8,4(1,9)10)2(7)5(11,12)13/h1-2H. The maximum atomic E-state index is 12.3. The Morgan fingerprint density at radius 3 is 1.46 bits per heavy atom. The van der Waals surface area contributed by atoms with Crippen LogP contribution in [0.2, 0.25) is 0 Å². The highest BCUT2D eigenvalue weighted by molar-refractivity contribution is 5.27. The lowest BCUT2D eigenvalue weighted by Crippen LogP contribution is -2.39. The molecule has 13 heavy (non-hydrogen) atoms. The molecule has 0 aromatic heterocycles. The zero-order valence-corrected chi connectivity index (χ0v) is 5.68. The van der Waals surface area contributed by atoms with Crippen LogP contribution in [0.25, 0.3) is 0 Å². The van der Waals surface area contributed by atoms with Gasteiger partial charge >= 0.3 is 12.1 Å². The van der Waals surface area contributed by atoms with Crippen LogP contribution < -0.4 is 0 Å². The molecule has 0 aromatic rings. The van der Waals surface area contributed by atoms with Gasteiger partial charge in [0.15, 0.2) is 0 Å². The summed E-state index contributed by atoms with van der Waals surface area (Å²) in [4.78, 5) is 0. The molecule has 0 radical (unpaired) electrons. The second kappa shape index (κ2) is 2.27. The molecule has 0 amide bonds. The monoisotopic (exact) mass is 214 g/mol. The van der Waals surface area contributed by atoms with Gasteiger partial charge in [-0.3, -0.25) is 0 Å². The Bertz CT molecular complexity index is 219. The minimum atomic E-state index is -5.82. The Labute approximate surface area is 66.5 Å². The summed E-state index contributed by atoms with van der Waals surface area (Å²) in [5.41, 5.74) is -4.74. The van der Waals surface area contributed by atoms with Gasteiger partial charge in [-0.2, -0.15) is 22.0 Å². The van der Waals surface area contributed by atoms with Crippen LogP contribution in [-0.4, -0.2) is 30.1 Å². The van der Waals surface area contributed by atoms with Crippen molar-refractivity contribution in [3.63, 3.8) is 0 Å². The molecule has 3 unspecified atom stereocenters. The third kappa shape index (κ3) is 1.10. The van der Waals surface area contributed by atoms with Crippen molar-refractivity contribution in [2.75, 3.05) is 0 Å². The summed E-state index contributed by atoms with van der Waals surface area (Å²) in [6.45, 7) is 0. The van der Waals surface area contributed by atoms with E-state index in [0.29, 0.717) is 0 Å². The molecule has 0 nitrogen and oxygen atoms in total. The van der Waals surface area contributed by atoms with Crippen molar-refractivity contribution in [1.82, 2.24) is 0 Å². The molecule has 1 saturated carbocycles. The molecule has 1 fully saturated rings. The van der Waals surface area contributed by atoms with E-state index >= 15 is 0 Å². The van der Waals surface area contributed by atoms with E-state index in [1.165, 1.54) is 0 Å². The molecule has 1 aliphatic carbocycles. The molecular weight excluding hydrogens is 212 g/mol.